The largest absolute Gasteiger partial charge is 0.481 e. The molecule has 0 aromatic carbocycles. The van der Waals surface area contributed by atoms with Crippen LogP contribution < -0.4 is 0 Å². The van der Waals surface area contributed by atoms with Gasteiger partial charge in [-0.1, -0.05) is 64.2 Å². The zero-order valence-corrected chi connectivity index (χ0v) is 29.8. The van der Waals surface area contributed by atoms with Crippen LogP contribution in [0.5, 0.6) is 0 Å². The van der Waals surface area contributed by atoms with Gasteiger partial charge in [-0.25, -0.2) is 4.89 Å². The van der Waals surface area contributed by atoms with Gasteiger partial charge in [-0.3, -0.25) is 14.8 Å². The average Bonchev–Trinajstić information content (AvgIpc) is 3.11. The molecule has 6 saturated carbocycles. The maximum Gasteiger partial charge on any atom is 0.310 e. The van der Waals surface area contributed by atoms with Gasteiger partial charge in [0.05, 0.1) is 30.7 Å². The lowest BCUT2D eigenvalue weighted by Gasteiger charge is -2.42. The fraction of sp³-hybridized carbons (Fsp3) is 0.949. The molecule has 0 heterocycles. The number of hydrogen-bond acceptors (Lipinski definition) is 7. The van der Waals surface area contributed by atoms with Crippen molar-refractivity contribution in [1.82, 2.24) is 0 Å². The summed E-state index contributed by atoms with van der Waals surface area (Å²) in [5.41, 5.74) is 0. The van der Waals surface area contributed by atoms with Gasteiger partial charge in [0.1, 0.15) is 6.10 Å². The summed E-state index contributed by atoms with van der Waals surface area (Å²) in [5.74, 6) is 0.928. The fourth-order valence-electron chi connectivity index (χ4n) is 10.9. The molecular formula is C39H64O7S. The minimum absolute atomic E-state index is 0.0574. The standard InChI is InChI=1S/C39H64O7S/c40-38(41)36-24-29(27-9-5-2-6-10-27)11-21-35(36)39(42)46-32-15-19-34(20-16-32)47-33-17-13-31(14-18-33)45-37-22-12-28(23-30(37)25-44-43)26-7-3-1-4-8-26/h26-37,43H,1-25H2,(H,40,41). The lowest BCUT2D eigenvalue weighted by atomic mass is 9.67. The summed E-state index contributed by atoms with van der Waals surface area (Å²) in [5, 5.41) is 20.6. The van der Waals surface area contributed by atoms with E-state index in [4.69, 9.17) is 14.4 Å². The number of thioether (sulfide) groups is 1. The molecule has 6 aliphatic carbocycles. The molecule has 0 radical (unpaired) electrons. The van der Waals surface area contributed by atoms with Crippen LogP contribution in [0.1, 0.15) is 154 Å². The molecule has 6 aliphatic rings. The molecule has 0 aromatic rings. The van der Waals surface area contributed by atoms with Crippen molar-refractivity contribution < 1.29 is 34.3 Å². The second kappa shape index (κ2) is 17.9. The van der Waals surface area contributed by atoms with E-state index in [1.807, 2.05) is 0 Å². The third kappa shape index (κ3) is 9.91. The number of rotatable bonds is 11. The summed E-state index contributed by atoms with van der Waals surface area (Å²) in [6.45, 7) is 0.402. The molecule has 0 bridgehead atoms. The molecular weight excluding hydrogens is 612 g/mol. The van der Waals surface area contributed by atoms with Gasteiger partial charge in [0.25, 0.3) is 0 Å². The van der Waals surface area contributed by atoms with Gasteiger partial charge < -0.3 is 14.6 Å². The van der Waals surface area contributed by atoms with Gasteiger partial charge in [0.2, 0.25) is 0 Å². The van der Waals surface area contributed by atoms with Crippen molar-refractivity contribution >= 4 is 23.7 Å². The summed E-state index contributed by atoms with van der Waals surface area (Å²) in [6.07, 6.45) is 28.1. The van der Waals surface area contributed by atoms with Gasteiger partial charge >= 0.3 is 11.9 Å². The Kier molecular flexibility index (Phi) is 13.7. The maximum absolute atomic E-state index is 13.3. The van der Waals surface area contributed by atoms with Crippen LogP contribution in [-0.2, 0) is 24.0 Å². The second-order valence-corrected chi connectivity index (χ2v) is 18.2. The van der Waals surface area contributed by atoms with Crippen LogP contribution in [0.2, 0.25) is 0 Å². The molecule has 6 fully saturated rings. The number of carbonyl (C=O) groups excluding carboxylic acids is 1. The molecule has 0 spiro atoms. The first-order chi connectivity index (χ1) is 23.0. The molecule has 6 unspecified atom stereocenters. The van der Waals surface area contributed by atoms with E-state index in [1.54, 1.807) is 0 Å². The normalized spacial score (nSPS) is 39.7. The Morgan fingerprint density at radius 2 is 1.13 bits per heavy atom. The quantitative estimate of drug-likeness (QED) is 0.127. The predicted molar refractivity (Wildman–Crippen MR) is 185 cm³/mol. The summed E-state index contributed by atoms with van der Waals surface area (Å²) in [6, 6.07) is 0. The predicted octanol–water partition coefficient (Wildman–Crippen LogP) is 9.45. The van der Waals surface area contributed by atoms with E-state index in [-0.39, 0.29) is 18.2 Å². The third-order valence-electron chi connectivity index (χ3n) is 13.7. The lowest BCUT2D eigenvalue weighted by molar-refractivity contribution is -0.262. The van der Waals surface area contributed by atoms with E-state index in [1.165, 1.54) is 83.5 Å². The van der Waals surface area contributed by atoms with E-state index in [0.29, 0.717) is 53.8 Å². The first-order valence-electron chi connectivity index (χ1n) is 20.0. The molecule has 0 saturated heterocycles. The summed E-state index contributed by atoms with van der Waals surface area (Å²) in [7, 11) is 0. The molecule has 6 atom stereocenters. The number of hydrogen-bond donors (Lipinski definition) is 2. The minimum Gasteiger partial charge on any atom is -0.481 e. The highest BCUT2D eigenvalue weighted by molar-refractivity contribution is 8.00. The molecule has 0 amide bonds. The van der Waals surface area contributed by atoms with Crippen molar-refractivity contribution in [3.8, 4) is 0 Å². The third-order valence-corrected chi connectivity index (χ3v) is 15.4. The monoisotopic (exact) mass is 676 g/mol. The summed E-state index contributed by atoms with van der Waals surface area (Å²) in [4.78, 5) is 30.2. The summed E-state index contributed by atoms with van der Waals surface area (Å²) >= 11 is 2.15. The Bertz CT molecular complexity index is 964. The zero-order valence-electron chi connectivity index (χ0n) is 28.9. The molecule has 6 rings (SSSR count). The highest BCUT2D eigenvalue weighted by Crippen LogP contribution is 2.45. The number of carbonyl (C=O) groups is 2. The van der Waals surface area contributed by atoms with Crippen molar-refractivity contribution in [2.75, 3.05) is 6.61 Å². The highest BCUT2D eigenvalue weighted by Gasteiger charge is 2.43. The van der Waals surface area contributed by atoms with Crippen molar-refractivity contribution in [2.45, 2.75) is 183 Å². The van der Waals surface area contributed by atoms with Crippen molar-refractivity contribution in [2.24, 2.45) is 41.4 Å². The second-order valence-electron chi connectivity index (χ2n) is 16.6. The molecule has 268 valence electrons. The van der Waals surface area contributed by atoms with Crippen molar-refractivity contribution in [3.63, 3.8) is 0 Å². The van der Waals surface area contributed by atoms with E-state index in [9.17, 15) is 20.0 Å². The first-order valence-corrected chi connectivity index (χ1v) is 20.9. The van der Waals surface area contributed by atoms with Crippen LogP contribution in [-0.4, -0.2) is 57.7 Å². The molecule has 8 heteroatoms. The van der Waals surface area contributed by atoms with Gasteiger partial charge in [0.15, 0.2) is 0 Å². The van der Waals surface area contributed by atoms with Gasteiger partial charge in [-0.2, -0.15) is 11.8 Å². The molecule has 0 aromatic heterocycles. The Labute approximate surface area is 288 Å². The van der Waals surface area contributed by atoms with Gasteiger partial charge in [0, 0.05) is 16.4 Å². The van der Waals surface area contributed by atoms with E-state index in [0.717, 1.165) is 69.6 Å². The SMILES string of the molecule is O=C(O)C1CC(C2CCCCC2)CCC1C(=O)OC1CCC(SC2CCC(OC3CCC(C4CCCCC4)CC3COO)CC2)CC1. The van der Waals surface area contributed by atoms with Crippen molar-refractivity contribution in [3.05, 3.63) is 0 Å². The van der Waals surface area contributed by atoms with E-state index in [2.05, 4.69) is 11.8 Å². The number of carboxylic acid groups (broad SMARTS) is 1. The van der Waals surface area contributed by atoms with Gasteiger partial charge in [-0.15, -0.1) is 0 Å². The van der Waals surface area contributed by atoms with Crippen LogP contribution >= 0.6 is 11.8 Å². The number of esters is 1. The van der Waals surface area contributed by atoms with Crippen LogP contribution in [0.4, 0.5) is 0 Å². The molecule has 2 N–H and O–H groups in total. The van der Waals surface area contributed by atoms with E-state index >= 15 is 0 Å². The number of aliphatic carboxylic acids is 1. The topological polar surface area (TPSA) is 102 Å². The molecule has 0 aliphatic heterocycles. The van der Waals surface area contributed by atoms with Crippen LogP contribution in [0, 0.1) is 41.4 Å². The highest BCUT2D eigenvalue weighted by atomic mass is 32.2. The Morgan fingerprint density at radius 1 is 0.574 bits per heavy atom. The number of carboxylic acids is 1. The van der Waals surface area contributed by atoms with Gasteiger partial charge in [-0.05, 0) is 114 Å². The van der Waals surface area contributed by atoms with E-state index < -0.39 is 17.8 Å². The van der Waals surface area contributed by atoms with Crippen molar-refractivity contribution in [1.29, 1.82) is 0 Å². The molecule has 7 nitrogen and oxygen atoms in total. The first kappa shape index (κ1) is 36.0. The zero-order chi connectivity index (χ0) is 32.6. The lowest BCUT2D eigenvalue weighted by Crippen LogP contribution is -2.40. The summed E-state index contributed by atoms with van der Waals surface area (Å²) < 4.78 is 12.8. The van der Waals surface area contributed by atoms with Crippen LogP contribution in [0.15, 0.2) is 0 Å². The minimum atomic E-state index is -0.811. The van der Waals surface area contributed by atoms with Crippen LogP contribution in [0.25, 0.3) is 0 Å². The Balaban J connectivity index is 0.881. The number of ether oxygens (including phenoxy) is 2. The van der Waals surface area contributed by atoms with Crippen LogP contribution in [0.3, 0.4) is 0 Å². The maximum atomic E-state index is 13.3. The smallest absolute Gasteiger partial charge is 0.310 e. The Hall–Kier alpha value is -0.830. The average molecular weight is 677 g/mol. The Morgan fingerprint density at radius 3 is 1.70 bits per heavy atom. The molecule has 47 heavy (non-hydrogen) atoms. The fourth-order valence-corrected chi connectivity index (χ4v) is 12.5.